The number of carboxylic acids is 1. The van der Waals surface area contributed by atoms with Crippen molar-refractivity contribution < 1.29 is 24.2 Å². The number of aliphatic carboxylic acids is 1. The lowest BCUT2D eigenvalue weighted by molar-refractivity contribution is -0.139. The highest BCUT2D eigenvalue weighted by atomic mass is 16.5. The first-order valence-electron chi connectivity index (χ1n) is 8.10. The average molecular weight is 369 g/mol. The van der Waals surface area contributed by atoms with E-state index in [0.29, 0.717) is 11.3 Å². The maximum Gasteiger partial charge on any atom is 0.341 e. The summed E-state index contributed by atoms with van der Waals surface area (Å²) >= 11 is 0. The van der Waals surface area contributed by atoms with Gasteiger partial charge in [0.15, 0.2) is 6.61 Å². The van der Waals surface area contributed by atoms with Crippen LogP contribution in [0.25, 0.3) is 0 Å². The molecule has 0 aliphatic rings. The number of carboxylic acid groups (broad SMARTS) is 1. The molecule has 0 heterocycles. The van der Waals surface area contributed by atoms with E-state index in [-0.39, 0.29) is 6.04 Å². The minimum atomic E-state index is -1.11. The van der Waals surface area contributed by atoms with Gasteiger partial charge in [0.05, 0.1) is 12.3 Å². The fourth-order valence-electron chi connectivity index (χ4n) is 2.16. The minimum absolute atomic E-state index is 0.292. The zero-order valence-corrected chi connectivity index (χ0v) is 14.6. The van der Waals surface area contributed by atoms with E-state index in [1.54, 1.807) is 31.2 Å². The molecule has 0 radical (unpaired) electrons. The van der Waals surface area contributed by atoms with Crippen molar-refractivity contribution in [1.29, 1.82) is 0 Å². The van der Waals surface area contributed by atoms with Crippen molar-refractivity contribution in [2.45, 2.75) is 13.0 Å². The number of hydrazone groups is 1. The van der Waals surface area contributed by atoms with Gasteiger partial charge in [-0.1, -0.05) is 42.5 Å². The Hall–Kier alpha value is -3.68. The second-order valence-electron chi connectivity index (χ2n) is 5.53. The molecule has 0 bridgehead atoms. The first-order valence-corrected chi connectivity index (χ1v) is 8.10. The Kier molecular flexibility index (Phi) is 7.07. The molecule has 140 valence electrons. The predicted molar refractivity (Wildman–Crippen MR) is 98.3 cm³/mol. The molecule has 0 unspecified atom stereocenters. The molecular weight excluding hydrogens is 350 g/mol. The van der Waals surface area contributed by atoms with Crippen LogP contribution in [0.1, 0.15) is 24.1 Å². The summed E-state index contributed by atoms with van der Waals surface area (Å²) in [6, 6.07) is 15.5. The molecule has 8 nitrogen and oxygen atoms in total. The van der Waals surface area contributed by atoms with Crippen LogP contribution in [0.2, 0.25) is 0 Å². The molecule has 27 heavy (non-hydrogen) atoms. The van der Waals surface area contributed by atoms with Gasteiger partial charge in [0.25, 0.3) is 0 Å². The van der Waals surface area contributed by atoms with Gasteiger partial charge in [-0.05, 0) is 24.6 Å². The van der Waals surface area contributed by atoms with Crippen LogP contribution in [-0.2, 0) is 14.4 Å². The predicted octanol–water partition coefficient (Wildman–Crippen LogP) is 1.48. The molecule has 2 rings (SSSR count). The van der Waals surface area contributed by atoms with Crippen molar-refractivity contribution >= 4 is 24.0 Å². The molecule has 0 saturated heterocycles. The SMILES string of the molecule is C[C@H](NC(=O)C(=O)N/N=C\c1ccccc1OCC(=O)O)c1ccccc1. The van der Waals surface area contributed by atoms with E-state index in [1.165, 1.54) is 6.21 Å². The molecule has 0 aliphatic carbocycles. The number of carbonyl (C=O) groups excluding carboxylic acids is 2. The number of rotatable bonds is 7. The lowest BCUT2D eigenvalue weighted by Gasteiger charge is -2.13. The van der Waals surface area contributed by atoms with Crippen molar-refractivity contribution in [3.63, 3.8) is 0 Å². The molecule has 0 aliphatic heterocycles. The lowest BCUT2D eigenvalue weighted by Crippen LogP contribution is -2.39. The molecule has 0 saturated carbocycles. The zero-order valence-electron chi connectivity index (χ0n) is 14.6. The second-order valence-corrected chi connectivity index (χ2v) is 5.53. The minimum Gasteiger partial charge on any atom is -0.481 e. The van der Waals surface area contributed by atoms with Crippen LogP contribution < -0.4 is 15.5 Å². The summed E-state index contributed by atoms with van der Waals surface area (Å²) in [4.78, 5) is 34.4. The van der Waals surface area contributed by atoms with Gasteiger partial charge in [0.1, 0.15) is 5.75 Å². The van der Waals surface area contributed by atoms with Crippen molar-refractivity contribution in [2.75, 3.05) is 6.61 Å². The van der Waals surface area contributed by atoms with Crippen LogP contribution in [0.5, 0.6) is 5.75 Å². The highest BCUT2D eigenvalue weighted by Crippen LogP contribution is 2.15. The summed E-state index contributed by atoms with van der Waals surface area (Å²) in [5.41, 5.74) is 3.45. The molecule has 8 heteroatoms. The number of ether oxygens (including phenoxy) is 1. The number of hydrogen-bond donors (Lipinski definition) is 3. The van der Waals surface area contributed by atoms with Crippen LogP contribution >= 0.6 is 0 Å². The van der Waals surface area contributed by atoms with Gasteiger partial charge in [-0.25, -0.2) is 10.2 Å². The van der Waals surface area contributed by atoms with E-state index < -0.39 is 24.4 Å². The van der Waals surface area contributed by atoms with Crippen LogP contribution in [0.3, 0.4) is 0 Å². The zero-order chi connectivity index (χ0) is 19.6. The molecule has 1 atom stereocenters. The Balaban J connectivity index is 1.91. The Morgan fingerprint density at radius 2 is 1.74 bits per heavy atom. The smallest absolute Gasteiger partial charge is 0.341 e. The number of para-hydroxylation sites is 1. The number of hydrogen-bond acceptors (Lipinski definition) is 5. The normalized spacial score (nSPS) is 11.6. The van der Waals surface area contributed by atoms with Crippen molar-refractivity contribution in [3.8, 4) is 5.75 Å². The highest BCUT2D eigenvalue weighted by Gasteiger charge is 2.16. The molecule has 0 spiro atoms. The van der Waals surface area contributed by atoms with E-state index in [4.69, 9.17) is 9.84 Å². The van der Waals surface area contributed by atoms with Crippen LogP contribution in [0, 0.1) is 0 Å². The maximum atomic E-state index is 11.9. The third-order valence-corrected chi connectivity index (χ3v) is 3.49. The summed E-state index contributed by atoms with van der Waals surface area (Å²) in [6.45, 7) is 1.26. The van der Waals surface area contributed by atoms with Gasteiger partial charge in [0, 0.05) is 5.56 Å². The first kappa shape index (κ1) is 19.6. The summed E-state index contributed by atoms with van der Waals surface area (Å²) in [7, 11) is 0. The van der Waals surface area contributed by atoms with Gasteiger partial charge >= 0.3 is 17.8 Å². The summed E-state index contributed by atoms with van der Waals surface area (Å²) < 4.78 is 5.12. The standard InChI is InChI=1S/C19H19N3O5/c1-13(14-7-3-2-4-8-14)21-18(25)19(26)22-20-11-15-9-5-6-10-16(15)27-12-17(23)24/h2-11,13H,12H2,1H3,(H,21,25)(H,22,26)(H,23,24)/b20-11-/t13-/m0/s1. The molecule has 0 fully saturated rings. The van der Waals surface area contributed by atoms with Crippen LogP contribution in [0.4, 0.5) is 0 Å². The van der Waals surface area contributed by atoms with Crippen molar-refractivity contribution in [1.82, 2.24) is 10.7 Å². The van der Waals surface area contributed by atoms with Crippen molar-refractivity contribution in [3.05, 3.63) is 65.7 Å². The molecular formula is C19H19N3O5. The Labute approximate surface area is 155 Å². The fraction of sp³-hybridized carbons (Fsp3) is 0.158. The van der Waals surface area contributed by atoms with E-state index in [2.05, 4.69) is 15.8 Å². The number of nitrogens with zero attached hydrogens (tertiary/aromatic N) is 1. The van der Waals surface area contributed by atoms with E-state index in [0.717, 1.165) is 5.56 Å². The van der Waals surface area contributed by atoms with Gasteiger partial charge in [-0.15, -0.1) is 0 Å². The highest BCUT2D eigenvalue weighted by molar-refractivity contribution is 6.35. The summed E-state index contributed by atoms with van der Waals surface area (Å²) in [5, 5.41) is 15.0. The molecule has 3 N–H and O–H groups in total. The second kappa shape index (κ2) is 9.71. The third-order valence-electron chi connectivity index (χ3n) is 3.49. The molecule has 2 aromatic carbocycles. The lowest BCUT2D eigenvalue weighted by atomic mass is 10.1. The maximum absolute atomic E-state index is 11.9. The van der Waals surface area contributed by atoms with Crippen LogP contribution in [0.15, 0.2) is 59.7 Å². The Bertz CT molecular complexity index is 836. The number of carbonyl (C=O) groups is 3. The Morgan fingerprint density at radius 1 is 1.07 bits per heavy atom. The monoisotopic (exact) mass is 369 g/mol. The average Bonchev–Trinajstić information content (AvgIpc) is 2.67. The summed E-state index contributed by atoms with van der Waals surface area (Å²) in [5.74, 6) is -2.56. The molecule has 0 aromatic heterocycles. The number of benzene rings is 2. The summed E-state index contributed by atoms with van der Waals surface area (Å²) in [6.07, 6.45) is 1.27. The van der Waals surface area contributed by atoms with E-state index in [1.807, 2.05) is 30.3 Å². The number of nitrogens with one attached hydrogen (secondary N) is 2. The molecule has 2 aromatic rings. The first-order chi connectivity index (χ1) is 13.0. The van der Waals surface area contributed by atoms with Gasteiger partial charge in [-0.2, -0.15) is 5.10 Å². The van der Waals surface area contributed by atoms with Crippen molar-refractivity contribution in [2.24, 2.45) is 5.10 Å². The van der Waals surface area contributed by atoms with Gasteiger partial charge in [0.2, 0.25) is 0 Å². The topological polar surface area (TPSA) is 117 Å². The molecule has 2 amide bonds. The third kappa shape index (κ3) is 6.28. The van der Waals surface area contributed by atoms with E-state index in [9.17, 15) is 14.4 Å². The quantitative estimate of drug-likeness (QED) is 0.388. The van der Waals surface area contributed by atoms with Gasteiger partial charge in [-0.3, -0.25) is 9.59 Å². The Morgan fingerprint density at radius 3 is 2.44 bits per heavy atom. The van der Waals surface area contributed by atoms with Crippen LogP contribution in [-0.4, -0.2) is 35.7 Å². The fourth-order valence-corrected chi connectivity index (χ4v) is 2.16. The van der Waals surface area contributed by atoms with Gasteiger partial charge < -0.3 is 15.2 Å². The largest absolute Gasteiger partial charge is 0.481 e. The number of amides is 2. The van der Waals surface area contributed by atoms with E-state index >= 15 is 0 Å².